The summed E-state index contributed by atoms with van der Waals surface area (Å²) < 4.78 is 12.1. The second-order valence-corrected chi connectivity index (χ2v) is 7.48. The smallest absolute Gasteiger partial charge is 0.329 e. The number of likely N-dealkylation sites (tertiary alicyclic amines) is 1. The van der Waals surface area contributed by atoms with Gasteiger partial charge in [-0.15, -0.1) is 0 Å². The summed E-state index contributed by atoms with van der Waals surface area (Å²) in [6.07, 6.45) is 2.50. The molecule has 9 nitrogen and oxygen atoms in total. The Morgan fingerprint density at radius 3 is 2.73 bits per heavy atom. The van der Waals surface area contributed by atoms with Crippen LogP contribution >= 0.6 is 0 Å². The standard InChI is InChI=1S/C21H28N4O5/c1-4-9-25-19(22)18(20(27)23-21(25)28)16(26)12-24-10-5-6-15(24)14-8-7-13(29-2)11-17(14)30-3/h7-8,11,15H,4-6,9-10,12,22H2,1-3H3,(H,23,27,28)/p+1/t15-/m0/s1. The summed E-state index contributed by atoms with van der Waals surface area (Å²) in [5, 5.41) is 0. The molecule has 9 heteroatoms. The van der Waals surface area contributed by atoms with Gasteiger partial charge in [0.25, 0.3) is 5.56 Å². The van der Waals surface area contributed by atoms with E-state index in [1.165, 1.54) is 4.57 Å². The van der Waals surface area contributed by atoms with Crippen molar-refractivity contribution in [2.45, 2.75) is 38.8 Å². The van der Waals surface area contributed by atoms with Crippen LogP contribution in [-0.2, 0) is 6.54 Å². The van der Waals surface area contributed by atoms with Crippen LogP contribution in [0.1, 0.15) is 48.1 Å². The molecule has 4 N–H and O–H groups in total. The number of Topliss-reactive ketones (excluding diaryl/α,β-unsaturated/α-hetero) is 1. The predicted octanol–water partition coefficient (Wildman–Crippen LogP) is 0.149. The van der Waals surface area contributed by atoms with Gasteiger partial charge in [0.05, 0.1) is 26.3 Å². The molecule has 2 aromatic rings. The summed E-state index contributed by atoms with van der Waals surface area (Å²) >= 11 is 0. The Bertz CT molecular complexity index is 1040. The molecule has 2 atom stereocenters. The third-order valence-electron chi connectivity index (χ3n) is 5.65. The number of ketones is 1. The van der Waals surface area contributed by atoms with Crippen LogP contribution < -0.4 is 31.4 Å². The van der Waals surface area contributed by atoms with Crippen molar-refractivity contribution < 1.29 is 19.2 Å². The van der Waals surface area contributed by atoms with Gasteiger partial charge in [-0.2, -0.15) is 0 Å². The number of aromatic nitrogens is 2. The van der Waals surface area contributed by atoms with Gasteiger partial charge >= 0.3 is 5.69 Å². The fourth-order valence-electron chi connectivity index (χ4n) is 4.20. The quantitative estimate of drug-likeness (QED) is 0.526. The maximum atomic E-state index is 13.1. The summed E-state index contributed by atoms with van der Waals surface area (Å²) in [6.45, 7) is 3.12. The summed E-state index contributed by atoms with van der Waals surface area (Å²) in [6, 6.07) is 5.72. The maximum Gasteiger partial charge on any atom is 0.329 e. The number of methoxy groups -OCH3 is 2. The Morgan fingerprint density at radius 2 is 2.07 bits per heavy atom. The lowest BCUT2D eigenvalue weighted by atomic mass is 10.0. The first-order valence-corrected chi connectivity index (χ1v) is 10.1. The van der Waals surface area contributed by atoms with Crippen molar-refractivity contribution in [2.24, 2.45) is 0 Å². The van der Waals surface area contributed by atoms with Gasteiger partial charge in [-0.25, -0.2) is 4.79 Å². The number of benzene rings is 1. The molecule has 1 aromatic carbocycles. The average Bonchev–Trinajstić information content (AvgIpc) is 3.18. The van der Waals surface area contributed by atoms with E-state index in [4.69, 9.17) is 15.2 Å². The third-order valence-corrected chi connectivity index (χ3v) is 5.65. The number of aromatic amines is 1. The lowest BCUT2D eigenvalue weighted by Gasteiger charge is -2.23. The first-order chi connectivity index (χ1) is 14.4. The van der Waals surface area contributed by atoms with Gasteiger partial charge in [0.1, 0.15) is 35.5 Å². The van der Waals surface area contributed by atoms with Gasteiger partial charge in [0, 0.05) is 25.5 Å². The summed E-state index contributed by atoms with van der Waals surface area (Å²) in [5.74, 6) is 0.976. The number of rotatable bonds is 8. The van der Waals surface area contributed by atoms with E-state index in [0.717, 1.165) is 29.8 Å². The average molecular weight is 417 g/mol. The van der Waals surface area contributed by atoms with Crippen LogP contribution in [0.2, 0.25) is 0 Å². The fourth-order valence-corrected chi connectivity index (χ4v) is 4.20. The fraction of sp³-hybridized carbons (Fsp3) is 0.476. The topological polar surface area (TPSA) is 121 Å². The number of nitrogens with one attached hydrogen (secondary N) is 2. The lowest BCUT2D eigenvalue weighted by Crippen LogP contribution is -3.11. The Labute approximate surface area is 174 Å². The predicted molar refractivity (Wildman–Crippen MR) is 113 cm³/mol. The largest absolute Gasteiger partial charge is 0.497 e. The third kappa shape index (κ3) is 4.11. The number of carbonyl (C=O) groups excluding carboxylic acids is 1. The van der Waals surface area contributed by atoms with Gasteiger partial charge in [-0.1, -0.05) is 6.92 Å². The molecule has 0 amide bonds. The molecule has 1 saturated heterocycles. The van der Waals surface area contributed by atoms with Crippen LogP contribution in [0.3, 0.4) is 0 Å². The molecule has 1 aliphatic rings. The van der Waals surface area contributed by atoms with Gasteiger partial charge in [0.2, 0.25) is 5.78 Å². The number of quaternary nitrogens is 1. The van der Waals surface area contributed by atoms with E-state index in [1.54, 1.807) is 14.2 Å². The molecule has 30 heavy (non-hydrogen) atoms. The maximum absolute atomic E-state index is 13.1. The molecule has 1 aliphatic heterocycles. The second kappa shape index (κ2) is 9.17. The molecule has 1 aromatic heterocycles. The van der Waals surface area contributed by atoms with E-state index in [9.17, 15) is 14.4 Å². The van der Waals surface area contributed by atoms with E-state index in [2.05, 4.69) is 4.98 Å². The number of nitrogens with two attached hydrogens (primary N) is 1. The van der Waals surface area contributed by atoms with Crippen LogP contribution in [0, 0.1) is 0 Å². The van der Waals surface area contributed by atoms with Crippen LogP contribution in [0.25, 0.3) is 0 Å². The molecule has 0 saturated carbocycles. The van der Waals surface area contributed by atoms with E-state index in [0.29, 0.717) is 24.5 Å². The number of nitrogens with zero attached hydrogens (tertiary/aromatic N) is 1. The molecule has 1 fully saturated rings. The summed E-state index contributed by atoms with van der Waals surface area (Å²) in [4.78, 5) is 40.7. The van der Waals surface area contributed by atoms with Gasteiger partial charge in [-0.3, -0.25) is 19.1 Å². The first kappa shape index (κ1) is 21.6. The highest BCUT2D eigenvalue weighted by Crippen LogP contribution is 2.31. The molecule has 3 rings (SSSR count). The van der Waals surface area contributed by atoms with E-state index in [-0.39, 0.29) is 29.8 Å². The van der Waals surface area contributed by atoms with Crippen molar-refractivity contribution in [3.8, 4) is 11.5 Å². The molecule has 0 aliphatic carbocycles. The molecular formula is C21H29N4O5+. The highest BCUT2D eigenvalue weighted by atomic mass is 16.5. The van der Waals surface area contributed by atoms with Crippen molar-refractivity contribution in [3.63, 3.8) is 0 Å². The van der Waals surface area contributed by atoms with Crippen LogP contribution in [0.15, 0.2) is 27.8 Å². The number of H-pyrrole nitrogens is 1. The first-order valence-electron chi connectivity index (χ1n) is 10.1. The van der Waals surface area contributed by atoms with Gasteiger partial charge in [0.15, 0.2) is 0 Å². The normalized spacial score (nSPS) is 18.4. The highest BCUT2D eigenvalue weighted by Gasteiger charge is 2.35. The monoisotopic (exact) mass is 417 g/mol. The van der Waals surface area contributed by atoms with Crippen molar-refractivity contribution in [1.82, 2.24) is 9.55 Å². The number of nitrogen functional groups attached to an aromatic ring is 1. The highest BCUT2D eigenvalue weighted by molar-refractivity contribution is 6.00. The Balaban J connectivity index is 1.90. The molecule has 0 radical (unpaired) electrons. The summed E-state index contributed by atoms with van der Waals surface area (Å²) in [5.41, 5.74) is 5.59. The van der Waals surface area contributed by atoms with E-state index >= 15 is 0 Å². The SMILES string of the molecule is CCCn1c(N)c(C(=O)C[NH+]2CCC[C@H]2c2ccc(OC)cc2OC)c(=O)[nH]c1=O. The Kier molecular flexibility index (Phi) is 6.61. The zero-order valence-electron chi connectivity index (χ0n) is 17.6. The molecule has 0 bridgehead atoms. The van der Waals surface area contributed by atoms with Gasteiger partial charge < -0.3 is 20.1 Å². The number of ether oxygens (including phenoxy) is 2. The number of anilines is 1. The molecule has 2 heterocycles. The van der Waals surface area contributed by atoms with Gasteiger partial charge in [-0.05, 0) is 18.6 Å². The van der Waals surface area contributed by atoms with Crippen LogP contribution in [0.4, 0.5) is 5.82 Å². The zero-order chi connectivity index (χ0) is 21.8. The Morgan fingerprint density at radius 1 is 1.30 bits per heavy atom. The van der Waals surface area contributed by atoms with Crippen LogP contribution in [0.5, 0.6) is 11.5 Å². The van der Waals surface area contributed by atoms with Crippen molar-refractivity contribution in [2.75, 3.05) is 33.0 Å². The summed E-state index contributed by atoms with van der Waals surface area (Å²) in [7, 11) is 3.20. The van der Waals surface area contributed by atoms with E-state index in [1.807, 2.05) is 25.1 Å². The zero-order valence-corrected chi connectivity index (χ0v) is 17.6. The molecule has 1 unspecified atom stereocenters. The molecule has 162 valence electrons. The Hall–Kier alpha value is -3.07. The van der Waals surface area contributed by atoms with Crippen molar-refractivity contribution in [1.29, 1.82) is 0 Å². The minimum Gasteiger partial charge on any atom is -0.497 e. The minimum absolute atomic E-state index is 0.0525. The number of hydrogen-bond acceptors (Lipinski definition) is 6. The van der Waals surface area contributed by atoms with Crippen molar-refractivity contribution in [3.05, 3.63) is 50.2 Å². The van der Waals surface area contributed by atoms with Crippen molar-refractivity contribution >= 4 is 11.6 Å². The lowest BCUT2D eigenvalue weighted by molar-refractivity contribution is -0.910. The number of hydrogen-bond donors (Lipinski definition) is 3. The molecule has 0 spiro atoms. The van der Waals surface area contributed by atoms with E-state index < -0.39 is 11.2 Å². The molecular weight excluding hydrogens is 388 g/mol. The second-order valence-electron chi connectivity index (χ2n) is 7.48. The minimum atomic E-state index is -0.730. The number of carbonyl (C=O) groups is 1. The van der Waals surface area contributed by atoms with Crippen LogP contribution in [-0.4, -0.2) is 42.6 Å².